The first-order chi connectivity index (χ1) is 11.5. The van der Waals surface area contributed by atoms with Crippen LogP contribution in [0.3, 0.4) is 0 Å². The maximum atomic E-state index is 12.4. The van der Waals surface area contributed by atoms with Crippen molar-refractivity contribution in [2.45, 2.75) is 13.0 Å². The molecule has 0 saturated carbocycles. The fraction of sp³-hybridized carbons (Fsp3) is 0.235. The average Bonchev–Trinajstić information content (AvgIpc) is 2.55. The van der Waals surface area contributed by atoms with Crippen LogP contribution in [-0.4, -0.2) is 25.8 Å². The minimum atomic E-state index is -0.840. The van der Waals surface area contributed by atoms with Gasteiger partial charge >= 0.3 is 5.97 Å². The number of carbonyl (C=O) groups excluding carboxylic acids is 1. The highest BCUT2D eigenvalue weighted by Crippen LogP contribution is 2.18. The van der Waals surface area contributed by atoms with Gasteiger partial charge in [0, 0.05) is 12.1 Å². The molecule has 0 N–H and O–H groups in total. The van der Waals surface area contributed by atoms with E-state index in [0.29, 0.717) is 10.6 Å². The fourth-order valence-electron chi connectivity index (χ4n) is 2.03. The number of methoxy groups -OCH3 is 1. The van der Waals surface area contributed by atoms with Crippen LogP contribution >= 0.6 is 11.6 Å². The first-order valence-corrected chi connectivity index (χ1v) is 7.37. The number of halogens is 1. The topological polar surface area (TPSA) is 89.5 Å². The highest BCUT2D eigenvalue weighted by atomic mass is 35.5. The van der Waals surface area contributed by atoms with E-state index in [1.807, 2.05) is 0 Å². The smallest absolute Gasteiger partial charge is 0.349 e. The Morgan fingerprint density at radius 2 is 2.25 bits per heavy atom. The second-order valence-electron chi connectivity index (χ2n) is 5.00. The van der Waals surface area contributed by atoms with Gasteiger partial charge < -0.3 is 13.9 Å². The minimum Gasteiger partial charge on any atom is -0.463 e. The average molecular weight is 348 g/mol. The molecule has 0 radical (unpaired) electrons. The molecule has 2 rings (SSSR count). The first kappa shape index (κ1) is 17.7. The zero-order valence-corrected chi connectivity index (χ0v) is 13.8. The van der Waals surface area contributed by atoms with Gasteiger partial charge in [0.25, 0.3) is 0 Å². The van der Waals surface area contributed by atoms with Crippen molar-refractivity contribution in [2.24, 2.45) is 0 Å². The van der Waals surface area contributed by atoms with E-state index in [4.69, 9.17) is 30.8 Å². The lowest BCUT2D eigenvalue weighted by Crippen LogP contribution is -2.20. The van der Waals surface area contributed by atoms with Crippen molar-refractivity contribution in [3.05, 3.63) is 50.8 Å². The molecule has 0 aliphatic rings. The molecule has 0 amide bonds. The lowest BCUT2D eigenvalue weighted by molar-refractivity contribution is -0.145. The summed E-state index contributed by atoms with van der Waals surface area (Å²) in [5.41, 5.74) is -0.301. The van der Waals surface area contributed by atoms with E-state index < -0.39 is 17.5 Å². The Morgan fingerprint density at radius 1 is 1.50 bits per heavy atom. The summed E-state index contributed by atoms with van der Waals surface area (Å²) >= 11 is 5.88. The van der Waals surface area contributed by atoms with Gasteiger partial charge in [-0.25, -0.2) is 4.79 Å². The largest absolute Gasteiger partial charge is 0.463 e. The molecule has 0 saturated heterocycles. The van der Waals surface area contributed by atoms with Crippen LogP contribution in [0.4, 0.5) is 0 Å². The molecular weight excluding hydrogens is 334 g/mol. The van der Waals surface area contributed by atoms with Crippen LogP contribution in [-0.2, 0) is 14.3 Å². The molecule has 0 aliphatic carbocycles. The Kier molecular flexibility index (Phi) is 5.74. The third kappa shape index (κ3) is 4.02. The monoisotopic (exact) mass is 347 g/mol. The second-order valence-corrected chi connectivity index (χ2v) is 5.44. The lowest BCUT2D eigenvalue weighted by atomic mass is 10.1. The van der Waals surface area contributed by atoms with Gasteiger partial charge in [0.2, 0.25) is 0 Å². The third-order valence-electron chi connectivity index (χ3n) is 3.11. The molecule has 1 aromatic carbocycles. The molecule has 24 heavy (non-hydrogen) atoms. The van der Waals surface area contributed by atoms with Gasteiger partial charge in [0.05, 0.1) is 17.6 Å². The van der Waals surface area contributed by atoms with E-state index in [0.717, 1.165) is 6.08 Å². The van der Waals surface area contributed by atoms with Crippen molar-refractivity contribution in [2.75, 3.05) is 13.7 Å². The van der Waals surface area contributed by atoms with E-state index in [2.05, 4.69) is 0 Å². The van der Waals surface area contributed by atoms with Crippen molar-refractivity contribution >= 4 is 34.6 Å². The summed E-state index contributed by atoms with van der Waals surface area (Å²) in [5, 5.41) is 9.78. The molecule has 0 fully saturated rings. The zero-order chi connectivity index (χ0) is 17.7. The van der Waals surface area contributed by atoms with Crippen LogP contribution < -0.4 is 5.43 Å². The Bertz CT molecular complexity index is 894. The van der Waals surface area contributed by atoms with Gasteiger partial charge in [-0.15, -0.1) is 0 Å². The molecule has 7 heteroatoms. The summed E-state index contributed by atoms with van der Waals surface area (Å²) in [6.45, 7) is 1.82. The van der Waals surface area contributed by atoms with Crippen LogP contribution in [0.25, 0.3) is 17.0 Å². The Morgan fingerprint density at radius 3 is 2.92 bits per heavy atom. The number of ether oxygens (including phenoxy) is 2. The van der Waals surface area contributed by atoms with Crippen molar-refractivity contribution in [1.29, 1.82) is 5.26 Å². The quantitative estimate of drug-likeness (QED) is 0.469. The molecule has 1 atom stereocenters. The molecule has 1 heterocycles. The van der Waals surface area contributed by atoms with Gasteiger partial charge in [-0.3, -0.25) is 4.79 Å². The number of carbonyl (C=O) groups is 1. The third-order valence-corrected chi connectivity index (χ3v) is 3.35. The standard InChI is InChI=1S/C17H14ClNO5/c1-10(8-22-2)24-17(21)11(7-19)5-12-9-23-15-4-3-13(18)6-14(15)16(12)20/h3-6,9-10H,8H2,1-2H3/b11-5-/t10-/m1/s1. The number of nitriles is 1. The molecule has 124 valence electrons. The SMILES string of the molecule is COC[C@@H](C)OC(=O)/C(C#N)=C\c1coc2ccc(Cl)cc2c1=O. The Labute approximate surface area is 142 Å². The van der Waals surface area contributed by atoms with Crippen molar-refractivity contribution in [3.8, 4) is 6.07 Å². The van der Waals surface area contributed by atoms with E-state index in [-0.39, 0.29) is 23.1 Å². The molecule has 1 aromatic heterocycles. The predicted octanol–water partition coefficient (Wildman–Crippen LogP) is 2.93. The summed E-state index contributed by atoms with van der Waals surface area (Å²) < 4.78 is 15.3. The normalized spacial score (nSPS) is 12.7. The van der Waals surface area contributed by atoms with Crippen molar-refractivity contribution < 1.29 is 18.7 Å². The van der Waals surface area contributed by atoms with E-state index in [9.17, 15) is 9.59 Å². The van der Waals surface area contributed by atoms with Crippen LogP contribution in [0.2, 0.25) is 5.02 Å². The number of fused-ring (bicyclic) bond motifs is 1. The highest BCUT2D eigenvalue weighted by Gasteiger charge is 2.16. The minimum absolute atomic E-state index is 0.0534. The molecule has 0 spiro atoms. The van der Waals surface area contributed by atoms with Gasteiger partial charge in [-0.2, -0.15) is 5.26 Å². The zero-order valence-electron chi connectivity index (χ0n) is 13.0. The molecular formula is C17H14ClNO5. The summed E-state index contributed by atoms with van der Waals surface area (Å²) in [6.07, 6.45) is 1.79. The maximum Gasteiger partial charge on any atom is 0.349 e. The molecule has 2 aromatic rings. The Balaban J connectivity index is 2.39. The maximum absolute atomic E-state index is 12.4. The second kappa shape index (κ2) is 7.77. The van der Waals surface area contributed by atoms with Gasteiger partial charge in [0.1, 0.15) is 29.6 Å². The van der Waals surface area contributed by atoms with Crippen LogP contribution in [0.15, 0.2) is 39.2 Å². The van der Waals surface area contributed by atoms with Gasteiger partial charge in [0.15, 0.2) is 5.43 Å². The molecule has 0 aliphatic heterocycles. The summed E-state index contributed by atoms with van der Waals surface area (Å²) in [5.74, 6) is -0.840. The van der Waals surface area contributed by atoms with Crippen molar-refractivity contribution in [3.63, 3.8) is 0 Å². The number of benzene rings is 1. The van der Waals surface area contributed by atoms with Gasteiger partial charge in [-0.05, 0) is 31.2 Å². The molecule has 0 bridgehead atoms. The highest BCUT2D eigenvalue weighted by molar-refractivity contribution is 6.31. The molecule has 6 nitrogen and oxygen atoms in total. The van der Waals surface area contributed by atoms with E-state index in [1.54, 1.807) is 25.1 Å². The van der Waals surface area contributed by atoms with Crippen LogP contribution in [0.1, 0.15) is 12.5 Å². The summed E-state index contributed by atoms with van der Waals surface area (Å²) in [7, 11) is 1.47. The predicted molar refractivity (Wildman–Crippen MR) is 88.5 cm³/mol. The Hall–Kier alpha value is -2.62. The van der Waals surface area contributed by atoms with Crippen molar-refractivity contribution in [1.82, 2.24) is 0 Å². The number of nitrogens with zero attached hydrogens (tertiary/aromatic N) is 1. The fourth-order valence-corrected chi connectivity index (χ4v) is 2.20. The van der Waals surface area contributed by atoms with Crippen LogP contribution in [0.5, 0.6) is 0 Å². The number of rotatable bonds is 5. The van der Waals surface area contributed by atoms with Crippen LogP contribution in [0, 0.1) is 11.3 Å². The van der Waals surface area contributed by atoms with Gasteiger partial charge in [-0.1, -0.05) is 11.6 Å². The first-order valence-electron chi connectivity index (χ1n) is 6.99. The summed E-state index contributed by atoms with van der Waals surface area (Å²) in [6, 6.07) is 6.35. The number of hydrogen-bond donors (Lipinski definition) is 0. The number of esters is 1. The number of hydrogen-bond acceptors (Lipinski definition) is 6. The van der Waals surface area contributed by atoms with E-state index >= 15 is 0 Å². The van der Waals surface area contributed by atoms with E-state index in [1.165, 1.54) is 19.4 Å². The summed E-state index contributed by atoms with van der Waals surface area (Å²) in [4.78, 5) is 24.4. The molecule has 0 unspecified atom stereocenters. The lowest BCUT2D eigenvalue weighted by Gasteiger charge is -2.11.